The summed E-state index contributed by atoms with van der Waals surface area (Å²) in [5.74, 6) is -0.0994. The monoisotopic (exact) mass is 378 g/mol. The molecule has 0 aromatic heterocycles. The van der Waals surface area contributed by atoms with Gasteiger partial charge in [0, 0.05) is 13.7 Å². The smallest absolute Gasteiger partial charge is 0.126 e. The van der Waals surface area contributed by atoms with Crippen LogP contribution in [0.15, 0.2) is 30.4 Å². The van der Waals surface area contributed by atoms with E-state index in [1.54, 1.807) is 13.2 Å². The minimum atomic E-state index is -0.0994. The van der Waals surface area contributed by atoms with E-state index in [-0.39, 0.29) is 5.82 Å². The van der Waals surface area contributed by atoms with Crippen molar-refractivity contribution >= 4 is 0 Å². The fourth-order valence-electron chi connectivity index (χ4n) is 3.21. The highest BCUT2D eigenvalue weighted by Crippen LogP contribution is 2.18. The molecule has 0 spiro atoms. The van der Waals surface area contributed by atoms with Gasteiger partial charge in [0.25, 0.3) is 0 Å². The highest BCUT2D eigenvalue weighted by Gasteiger charge is 2.04. The van der Waals surface area contributed by atoms with Crippen LogP contribution in [0.1, 0.15) is 75.3 Å². The van der Waals surface area contributed by atoms with Gasteiger partial charge in [-0.15, -0.1) is 0 Å². The first-order chi connectivity index (χ1) is 13.1. The van der Waals surface area contributed by atoms with Crippen LogP contribution in [0.3, 0.4) is 0 Å². The molecule has 154 valence electrons. The Hall–Kier alpha value is -1.19. The molecular weight excluding hydrogens is 339 g/mol. The lowest BCUT2D eigenvalue weighted by molar-refractivity contribution is 0.0685. The fourth-order valence-corrected chi connectivity index (χ4v) is 3.21. The van der Waals surface area contributed by atoms with Crippen LogP contribution in [0.4, 0.5) is 4.39 Å². The van der Waals surface area contributed by atoms with Crippen LogP contribution in [-0.2, 0) is 15.9 Å². The Morgan fingerprint density at radius 1 is 0.889 bits per heavy atom. The molecule has 0 N–H and O–H groups in total. The molecule has 0 radical (unpaired) electrons. The molecule has 0 unspecified atom stereocenters. The number of rotatable bonds is 17. The summed E-state index contributed by atoms with van der Waals surface area (Å²) in [5, 5.41) is 0. The average molecular weight is 379 g/mol. The van der Waals surface area contributed by atoms with Gasteiger partial charge < -0.3 is 9.47 Å². The maximum absolute atomic E-state index is 13.9. The van der Waals surface area contributed by atoms with Crippen molar-refractivity contribution in [3.05, 3.63) is 47.3 Å². The van der Waals surface area contributed by atoms with Crippen molar-refractivity contribution in [3.8, 4) is 0 Å². The minimum absolute atomic E-state index is 0.0994. The van der Waals surface area contributed by atoms with E-state index in [9.17, 15) is 4.39 Å². The second-order valence-electron chi connectivity index (χ2n) is 7.56. The SMILES string of the molecule is C=C(CCCCCCCCCCCOCCOC)Cc1ccc(C)cc1F. The van der Waals surface area contributed by atoms with Gasteiger partial charge in [-0.1, -0.05) is 69.2 Å². The molecule has 3 heteroatoms. The van der Waals surface area contributed by atoms with Gasteiger partial charge in [-0.2, -0.15) is 0 Å². The zero-order valence-electron chi connectivity index (χ0n) is 17.5. The minimum Gasteiger partial charge on any atom is -0.382 e. The lowest BCUT2D eigenvalue weighted by Gasteiger charge is -2.08. The van der Waals surface area contributed by atoms with Crippen LogP contribution < -0.4 is 0 Å². The Bertz CT molecular complexity index is 513. The summed E-state index contributed by atoms with van der Waals surface area (Å²) >= 11 is 0. The van der Waals surface area contributed by atoms with Crippen LogP contribution in [-0.4, -0.2) is 26.9 Å². The lowest BCUT2D eigenvalue weighted by atomic mass is 9.99. The summed E-state index contributed by atoms with van der Waals surface area (Å²) < 4.78 is 24.3. The van der Waals surface area contributed by atoms with E-state index in [2.05, 4.69) is 6.58 Å². The van der Waals surface area contributed by atoms with E-state index in [1.165, 1.54) is 51.4 Å². The topological polar surface area (TPSA) is 18.5 Å². The summed E-state index contributed by atoms with van der Waals surface area (Å²) in [4.78, 5) is 0. The van der Waals surface area contributed by atoms with Gasteiger partial charge in [0.2, 0.25) is 0 Å². The van der Waals surface area contributed by atoms with Gasteiger partial charge in [-0.25, -0.2) is 4.39 Å². The Balaban J connectivity index is 1.89. The second-order valence-corrected chi connectivity index (χ2v) is 7.56. The molecule has 0 aliphatic rings. The van der Waals surface area contributed by atoms with Gasteiger partial charge in [0.05, 0.1) is 13.2 Å². The number of unbranched alkanes of at least 4 members (excludes halogenated alkanes) is 8. The molecular formula is C24H39FO2. The molecule has 0 heterocycles. The molecule has 27 heavy (non-hydrogen) atoms. The zero-order chi connectivity index (χ0) is 19.7. The summed E-state index contributed by atoms with van der Waals surface area (Å²) in [5.41, 5.74) is 2.89. The van der Waals surface area contributed by atoms with Crippen LogP contribution in [0.25, 0.3) is 0 Å². The van der Waals surface area contributed by atoms with Gasteiger partial charge >= 0.3 is 0 Å². The Morgan fingerprint density at radius 3 is 2.15 bits per heavy atom. The molecule has 0 amide bonds. The van der Waals surface area contributed by atoms with Gasteiger partial charge in [0.15, 0.2) is 0 Å². The fraction of sp³-hybridized carbons (Fsp3) is 0.667. The summed E-state index contributed by atoms with van der Waals surface area (Å²) in [6, 6.07) is 5.47. The zero-order valence-corrected chi connectivity index (χ0v) is 17.5. The van der Waals surface area contributed by atoms with E-state index >= 15 is 0 Å². The highest BCUT2D eigenvalue weighted by molar-refractivity contribution is 5.26. The van der Waals surface area contributed by atoms with Crippen molar-refractivity contribution in [1.29, 1.82) is 0 Å². The van der Waals surface area contributed by atoms with E-state index in [4.69, 9.17) is 9.47 Å². The first-order valence-corrected chi connectivity index (χ1v) is 10.6. The molecule has 0 saturated carbocycles. The first-order valence-electron chi connectivity index (χ1n) is 10.6. The summed E-state index contributed by atoms with van der Waals surface area (Å²) in [6.45, 7) is 8.31. The average Bonchev–Trinajstić information content (AvgIpc) is 2.64. The molecule has 0 aliphatic heterocycles. The Morgan fingerprint density at radius 2 is 1.52 bits per heavy atom. The van der Waals surface area contributed by atoms with Gasteiger partial charge in [0.1, 0.15) is 5.82 Å². The molecule has 0 aliphatic carbocycles. The number of ether oxygens (including phenoxy) is 2. The first kappa shape index (κ1) is 23.8. The third kappa shape index (κ3) is 12.8. The second kappa shape index (κ2) is 15.8. The molecule has 0 bridgehead atoms. The summed E-state index contributed by atoms with van der Waals surface area (Å²) in [7, 11) is 1.70. The number of hydrogen-bond donors (Lipinski definition) is 0. The maximum atomic E-state index is 13.9. The number of benzene rings is 1. The highest BCUT2D eigenvalue weighted by atomic mass is 19.1. The summed E-state index contributed by atoms with van der Waals surface area (Å²) in [6.07, 6.45) is 13.1. The van der Waals surface area contributed by atoms with Crippen LogP contribution in [0.2, 0.25) is 0 Å². The molecule has 0 fully saturated rings. The lowest BCUT2D eigenvalue weighted by Crippen LogP contribution is -2.02. The number of aryl methyl sites for hydroxylation is 1. The molecule has 1 aromatic carbocycles. The van der Waals surface area contributed by atoms with Crippen molar-refractivity contribution in [1.82, 2.24) is 0 Å². The number of methoxy groups -OCH3 is 1. The van der Waals surface area contributed by atoms with E-state index in [1.807, 2.05) is 19.1 Å². The van der Waals surface area contributed by atoms with Gasteiger partial charge in [-0.05, 0) is 49.8 Å². The van der Waals surface area contributed by atoms with Crippen molar-refractivity contribution < 1.29 is 13.9 Å². The van der Waals surface area contributed by atoms with Crippen molar-refractivity contribution in [2.75, 3.05) is 26.9 Å². The predicted molar refractivity (Wildman–Crippen MR) is 113 cm³/mol. The van der Waals surface area contributed by atoms with E-state index in [0.29, 0.717) is 19.6 Å². The molecule has 1 aromatic rings. The Labute approximate surface area is 166 Å². The molecule has 0 atom stereocenters. The van der Waals surface area contributed by atoms with Crippen LogP contribution in [0.5, 0.6) is 0 Å². The molecule has 2 nitrogen and oxygen atoms in total. The normalized spacial score (nSPS) is 11.1. The molecule has 0 saturated heterocycles. The number of halogens is 1. The third-order valence-corrected chi connectivity index (χ3v) is 4.90. The van der Waals surface area contributed by atoms with Crippen molar-refractivity contribution in [3.63, 3.8) is 0 Å². The quantitative estimate of drug-likeness (QED) is 0.219. The number of hydrogen-bond acceptors (Lipinski definition) is 2. The largest absolute Gasteiger partial charge is 0.382 e. The molecule has 1 rings (SSSR count). The van der Waals surface area contributed by atoms with Crippen LogP contribution in [0, 0.1) is 12.7 Å². The van der Waals surface area contributed by atoms with Crippen molar-refractivity contribution in [2.24, 2.45) is 0 Å². The van der Waals surface area contributed by atoms with Crippen molar-refractivity contribution in [2.45, 2.75) is 77.6 Å². The van der Waals surface area contributed by atoms with Crippen LogP contribution >= 0.6 is 0 Å². The number of allylic oxidation sites excluding steroid dienone is 1. The maximum Gasteiger partial charge on any atom is 0.126 e. The van der Waals surface area contributed by atoms with E-state index < -0.39 is 0 Å². The predicted octanol–water partition coefficient (Wildman–Crippen LogP) is 6.80. The Kier molecular flexibility index (Phi) is 14.0. The third-order valence-electron chi connectivity index (χ3n) is 4.90. The standard InChI is InChI=1S/C24H39FO2/c1-21(19-23-15-14-22(2)20-24(23)25)13-11-9-7-5-4-6-8-10-12-16-27-18-17-26-3/h14-15,20H,1,4-13,16-19H2,2-3H3. The van der Waals surface area contributed by atoms with Gasteiger partial charge in [-0.3, -0.25) is 0 Å². The van der Waals surface area contributed by atoms with E-state index in [0.717, 1.165) is 36.1 Å².